The summed E-state index contributed by atoms with van der Waals surface area (Å²) in [5, 5.41) is 2.72. The first-order valence-electron chi connectivity index (χ1n) is 8.71. The van der Waals surface area contributed by atoms with Gasteiger partial charge in [-0.05, 0) is 29.7 Å². The van der Waals surface area contributed by atoms with Crippen LogP contribution in [-0.4, -0.2) is 30.2 Å². The molecule has 0 radical (unpaired) electrons. The van der Waals surface area contributed by atoms with Crippen molar-refractivity contribution in [3.05, 3.63) is 87.8 Å². The van der Waals surface area contributed by atoms with Crippen molar-refractivity contribution in [3.8, 4) is 5.75 Å². The molecule has 1 aliphatic carbocycles. The van der Waals surface area contributed by atoms with Gasteiger partial charge in [0.05, 0.1) is 11.1 Å². The van der Waals surface area contributed by atoms with Gasteiger partial charge in [0.2, 0.25) is 11.6 Å². The second-order valence-corrected chi connectivity index (χ2v) is 7.30. The fourth-order valence-electron chi connectivity index (χ4n) is 3.13. The SMILES string of the molecule is BC1=C(C=C)C(=O)C(=O)c2c(C(=O)c3ccc(OCc4nccs4)cc3)coc21. The van der Waals surface area contributed by atoms with Crippen LogP contribution in [0.5, 0.6) is 5.75 Å². The lowest BCUT2D eigenvalue weighted by Crippen LogP contribution is -2.24. The average Bonchev–Trinajstić information content (AvgIpc) is 3.41. The molecule has 0 N–H and O–H groups in total. The zero-order valence-corrected chi connectivity index (χ0v) is 16.2. The van der Waals surface area contributed by atoms with Gasteiger partial charge in [-0.15, -0.1) is 11.3 Å². The summed E-state index contributed by atoms with van der Waals surface area (Å²) >= 11 is 1.49. The summed E-state index contributed by atoms with van der Waals surface area (Å²) in [6, 6.07) is 6.54. The molecule has 0 amide bonds. The molecule has 0 unspecified atom stereocenters. The molecule has 0 fully saturated rings. The highest BCUT2D eigenvalue weighted by Crippen LogP contribution is 2.33. The van der Waals surface area contributed by atoms with Crippen LogP contribution in [0.25, 0.3) is 5.47 Å². The lowest BCUT2D eigenvalue weighted by Gasteiger charge is -2.13. The topological polar surface area (TPSA) is 86.5 Å². The number of nitrogens with zero attached hydrogens (tertiary/aromatic N) is 1. The van der Waals surface area contributed by atoms with Gasteiger partial charge in [-0.2, -0.15) is 0 Å². The Morgan fingerprint density at radius 3 is 2.66 bits per heavy atom. The van der Waals surface area contributed by atoms with E-state index in [1.54, 1.807) is 38.3 Å². The monoisotopic (exact) mass is 403 g/mol. The summed E-state index contributed by atoms with van der Waals surface area (Å²) in [7, 11) is 1.66. The summed E-state index contributed by atoms with van der Waals surface area (Å²) in [6.45, 7) is 3.91. The highest BCUT2D eigenvalue weighted by Gasteiger charge is 2.36. The number of aromatic nitrogens is 1. The Morgan fingerprint density at radius 1 is 1.24 bits per heavy atom. The first-order valence-corrected chi connectivity index (χ1v) is 9.59. The maximum absolute atomic E-state index is 12.9. The minimum atomic E-state index is -0.763. The Bertz CT molecular complexity index is 1170. The lowest BCUT2D eigenvalue weighted by molar-refractivity contribution is -0.111. The molecule has 142 valence electrons. The standard InChI is InChI=1S/C21H14BNO5S/c1-2-13-17(22)21-16(20(26)19(13)25)14(9-28-21)18(24)11-3-5-12(6-4-11)27-10-15-23-7-8-29-15/h2-9H,1,10,22H2. The van der Waals surface area contributed by atoms with E-state index in [1.165, 1.54) is 23.7 Å². The molecule has 8 heteroatoms. The molecule has 0 atom stereocenters. The molecule has 2 heterocycles. The third kappa shape index (κ3) is 3.27. The van der Waals surface area contributed by atoms with Crippen molar-refractivity contribution in [1.29, 1.82) is 0 Å². The van der Waals surface area contributed by atoms with Gasteiger partial charge >= 0.3 is 0 Å². The number of hydrogen-bond donors (Lipinski definition) is 0. The van der Waals surface area contributed by atoms with Gasteiger partial charge in [0.25, 0.3) is 0 Å². The molecule has 6 nitrogen and oxygen atoms in total. The van der Waals surface area contributed by atoms with Gasteiger partial charge in [-0.25, -0.2) is 4.98 Å². The van der Waals surface area contributed by atoms with Crippen molar-refractivity contribution in [2.24, 2.45) is 0 Å². The summed E-state index contributed by atoms with van der Waals surface area (Å²) in [5.41, 5.74) is 1.11. The maximum Gasteiger partial charge on any atom is 0.238 e. The third-order valence-corrected chi connectivity index (χ3v) is 5.38. The van der Waals surface area contributed by atoms with Crippen LogP contribution in [0.1, 0.15) is 37.0 Å². The summed E-state index contributed by atoms with van der Waals surface area (Å²) in [6.07, 6.45) is 4.26. The molecule has 0 saturated carbocycles. The van der Waals surface area contributed by atoms with Gasteiger partial charge < -0.3 is 9.15 Å². The predicted octanol–water partition coefficient (Wildman–Crippen LogP) is 2.84. The highest BCUT2D eigenvalue weighted by atomic mass is 32.1. The molecular formula is C21H14BNO5S. The molecule has 2 aromatic heterocycles. The number of carbonyl (C=O) groups excluding carboxylic acids is 3. The molecule has 1 aromatic carbocycles. The zero-order valence-electron chi connectivity index (χ0n) is 15.4. The minimum absolute atomic E-state index is 0.00666. The van der Waals surface area contributed by atoms with E-state index >= 15 is 0 Å². The van der Waals surface area contributed by atoms with Crippen molar-refractivity contribution in [1.82, 2.24) is 4.98 Å². The third-order valence-electron chi connectivity index (χ3n) is 4.62. The van der Waals surface area contributed by atoms with Gasteiger partial charge in [-0.3, -0.25) is 14.4 Å². The van der Waals surface area contributed by atoms with E-state index in [9.17, 15) is 14.4 Å². The van der Waals surface area contributed by atoms with E-state index in [0.29, 0.717) is 23.4 Å². The number of ether oxygens (including phenoxy) is 1. The van der Waals surface area contributed by atoms with Crippen LogP contribution < -0.4 is 4.74 Å². The first kappa shape index (κ1) is 18.8. The number of hydrogen-bond acceptors (Lipinski definition) is 7. The first-order chi connectivity index (χ1) is 14.0. The predicted molar refractivity (Wildman–Crippen MR) is 110 cm³/mol. The van der Waals surface area contributed by atoms with Crippen molar-refractivity contribution < 1.29 is 23.5 Å². The van der Waals surface area contributed by atoms with E-state index in [2.05, 4.69) is 11.6 Å². The number of allylic oxidation sites excluding steroid dienone is 2. The number of benzene rings is 1. The molecular weight excluding hydrogens is 389 g/mol. The average molecular weight is 403 g/mol. The van der Waals surface area contributed by atoms with E-state index in [0.717, 1.165) is 5.01 Å². The zero-order chi connectivity index (χ0) is 20.5. The molecule has 0 spiro atoms. The molecule has 3 aromatic rings. The maximum atomic E-state index is 12.9. The van der Waals surface area contributed by atoms with Crippen LogP contribution in [0.4, 0.5) is 0 Å². The molecule has 4 rings (SSSR count). The number of fused-ring (bicyclic) bond motifs is 1. The van der Waals surface area contributed by atoms with E-state index in [-0.39, 0.29) is 22.5 Å². The summed E-state index contributed by atoms with van der Waals surface area (Å²) in [4.78, 5) is 41.9. The van der Waals surface area contributed by atoms with Crippen LogP contribution in [0.15, 0.2) is 64.8 Å². The smallest absolute Gasteiger partial charge is 0.238 e. The van der Waals surface area contributed by atoms with Crippen molar-refractivity contribution >= 4 is 42.0 Å². The lowest BCUT2D eigenvalue weighted by atomic mass is 9.77. The molecule has 0 saturated heterocycles. The Morgan fingerprint density at radius 2 is 2.00 bits per heavy atom. The van der Waals surface area contributed by atoms with Gasteiger partial charge in [0.15, 0.2) is 5.78 Å². The Labute approximate surface area is 170 Å². The molecule has 0 aliphatic heterocycles. The van der Waals surface area contributed by atoms with E-state index in [1.807, 2.05) is 5.38 Å². The van der Waals surface area contributed by atoms with Crippen molar-refractivity contribution in [2.45, 2.75) is 6.61 Å². The fraction of sp³-hybridized carbons (Fsp3) is 0.0476. The Kier molecular flexibility index (Phi) is 4.86. The van der Waals surface area contributed by atoms with Crippen LogP contribution >= 0.6 is 11.3 Å². The van der Waals surface area contributed by atoms with Gasteiger partial charge in [-0.1, -0.05) is 12.7 Å². The Hall–Kier alpha value is -3.52. The quantitative estimate of drug-likeness (QED) is 0.358. The molecule has 0 bridgehead atoms. The van der Waals surface area contributed by atoms with Gasteiger partial charge in [0, 0.05) is 22.7 Å². The van der Waals surface area contributed by atoms with Crippen molar-refractivity contribution in [2.75, 3.05) is 0 Å². The largest absolute Gasteiger partial charge is 0.486 e. The Balaban J connectivity index is 1.60. The van der Waals surface area contributed by atoms with Crippen molar-refractivity contribution in [3.63, 3.8) is 0 Å². The van der Waals surface area contributed by atoms with Crippen LogP contribution in [-0.2, 0) is 11.4 Å². The van der Waals surface area contributed by atoms with Gasteiger partial charge in [0.1, 0.15) is 37.2 Å². The number of furan rings is 1. The minimum Gasteiger partial charge on any atom is -0.486 e. The second-order valence-electron chi connectivity index (χ2n) is 6.32. The number of Topliss-reactive ketones (excluding diaryl/α,β-unsaturated/α-hetero) is 2. The normalized spacial score (nSPS) is 13.4. The van der Waals surface area contributed by atoms with Crippen LogP contribution in [0.3, 0.4) is 0 Å². The number of rotatable bonds is 6. The van der Waals surface area contributed by atoms with Crippen LogP contribution in [0.2, 0.25) is 0 Å². The summed E-state index contributed by atoms with van der Waals surface area (Å²) < 4.78 is 11.1. The van der Waals surface area contributed by atoms with Crippen LogP contribution in [0, 0.1) is 0 Å². The molecule has 29 heavy (non-hydrogen) atoms. The fourth-order valence-corrected chi connectivity index (χ4v) is 3.66. The summed E-state index contributed by atoms with van der Waals surface area (Å²) in [5.74, 6) is -1.03. The molecule has 1 aliphatic rings. The number of carbonyl (C=O) groups is 3. The van der Waals surface area contributed by atoms with E-state index in [4.69, 9.17) is 9.15 Å². The highest BCUT2D eigenvalue weighted by molar-refractivity contribution is 7.09. The number of ketones is 3. The van der Waals surface area contributed by atoms with E-state index < -0.39 is 17.3 Å². The number of thiazole rings is 1. The second kappa shape index (κ2) is 7.48.